The van der Waals surface area contributed by atoms with Crippen molar-refractivity contribution < 1.29 is 4.74 Å². The lowest BCUT2D eigenvalue weighted by atomic mass is 9.65. The molecule has 149 valence electrons. The normalized spacial score (nSPS) is 12.7. The molecule has 0 aliphatic heterocycles. The summed E-state index contributed by atoms with van der Waals surface area (Å²) >= 11 is 0. The Kier molecular flexibility index (Phi) is 6.02. The molecule has 1 N–H and O–H groups in total. The molecule has 0 bridgehead atoms. The smallest absolute Gasteiger partial charge is 0.241 e. The number of benzene rings is 2. The monoisotopic (exact) mass is 385 g/mol. The maximum absolute atomic E-state index is 5.93. The first-order chi connectivity index (χ1) is 13.6. The average Bonchev–Trinajstić information content (AvgIpc) is 3.11. The summed E-state index contributed by atoms with van der Waals surface area (Å²) in [7, 11) is 2.10. The zero-order valence-electron chi connectivity index (χ0n) is 18.3. The molecule has 0 unspecified atom stereocenters. The van der Waals surface area contributed by atoms with E-state index in [1.165, 1.54) is 0 Å². The summed E-state index contributed by atoms with van der Waals surface area (Å²) < 4.78 is 5.93. The highest BCUT2D eigenvalue weighted by molar-refractivity contribution is 6.73. The number of hydrogen-bond acceptors (Lipinski definition) is 2. The summed E-state index contributed by atoms with van der Waals surface area (Å²) in [6.45, 7) is 12.7. The molecule has 0 spiro atoms. The third-order valence-electron chi connectivity index (χ3n) is 4.43. The number of aromatic amines is 1. The summed E-state index contributed by atoms with van der Waals surface area (Å²) in [5, 5.41) is 0. The Bertz CT molecular complexity index is 959. The van der Waals surface area contributed by atoms with E-state index in [1.54, 1.807) is 0 Å². The van der Waals surface area contributed by atoms with Crippen molar-refractivity contribution in [3.05, 3.63) is 77.6 Å². The van der Waals surface area contributed by atoms with Gasteiger partial charge >= 0.3 is 0 Å². The average molecular weight is 385 g/mol. The summed E-state index contributed by atoms with van der Waals surface area (Å²) in [6.07, 6.45) is 4.10. The second kappa shape index (κ2) is 8.32. The highest BCUT2D eigenvalue weighted by Crippen LogP contribution is 2.22. The largest absolute Gasteiger partial charge is 0.488 e. The van der Waals surface area contributed by atoms with Gasteiger partial charge < -0.3 is 9.72 Å². The topological polar surface area (TPSA) is 37.9 Å². The van der Waals surface area contributed by atoms with Gasteiger partial charge in [0.1, 0.15) is 11.4 Å². The van der Waals surface area contributed by atoms with Gasteiger partial charge in [0.05, 0.1) is 5.72 Å². The van der Waals surface area contributed by atoms with E-state index in [2.05, 4.69) is 101 Å². The van der Waals surface area contributed by atoms with Crippen molar-refractivity contribution in [3.63, 3.8) is 0 Å². The van der Waals surface area contributed by atoms with Crippen LogP contribution in [-0.4, -0.2) is 22.8 Å². The fourth-order valence-electron chi connectivity index (χ4n) is 2.94. The molecule has 1 heterocycles. The van der Waals surface area contributed by atoms with Crippen LogP contribution in [0.2, 0.25) is 0 Å². The van der Waals surface area contributed by atoms with Crippen LogP contribution in [-0.2, 0) is 5.41 Å². The molecule has 0 aliphatic carbocycles. The molecular formula is C25H30BN2O. The predicted octanol–water partition coefficient (Wildman–Crippen LogP) is 5.41. The van der Waals surface area contributed by atoms with Gasteiger partial charge in [-0.3, -0.25) is 4.98 Å². The Balaban J connectivity index is 1.89. The summed E-state index contributed by atoms with van der Waals surface area (Å²) in [6, 6.07) is 18.6. The predicted molar refractivity (Wildman–Crippen MR) is 124 cm³/mol. The van der Waals surface area contributed by atoms with E-state index >= 15 is 0 Å². The van der Waals surface area contributed by atoms with Gasteiger partial charge in [0, 0.05) is 17.3 Å². The van der Waals surface area contributed by atoms with E-state index in [0.717, 1.165) is 33.8 Å². The van der Waals surface area contributed by atoms with Gasteiger partial charge in [0.25, 0.3) is 0 Å². The quantitative estimate of drug-likeness (QED) is 0.471. The Morgan fingerprint density at radius 3 is 2.14 bits per heavy atom. The Morgan fingerprint density at radius 1 is 0.931 bits per heavy atom. The highest BCUT2D eigenvalue weighted by Gasteiger charge is 2.17. The molecule has 3 rings (SSSR count). The van der Waals surface area contributed by atoms with Crippen LogP contribution in [0, 0.1) is 0 Å². The van der Waals surface area contributed by atoms with Crippen LogP contribution in [0.25, 0.3) is 11.5 Å². The van der Waals surface area contributed by atoms with Gasteiger partial charge in [-0.15, -0.1) is 0 Å². The molecule has 0 aliphatic rings. The summed E-state index contributed by atoms with van der Waals surface area (Å²) in [5.41, 5.74) is 5.19. The second-order valence-electron chi connectivity index (χ2n) is 9.33. The number of nitrogens with zero attached hydrogens (tertiary/aromatic N) is 1. The van der Waals surface area contributed by atoms with E-state index < -0.39 is 0 Å². The van der Waals surface area contributed by atoms with Crippen LogP contribution >= 0.6 is 0 Å². The summed E-state index contributed by atoms with van der Waals surface area (Å²) in [4.78, 5) is 8.02. The number of ether oxygens (including phenoxy) is 1. The Hall–Kier alpha value is -2.75. The van der Waals surface area contributed by atoms with Crippen molar-refractivity contribution in [3.8, 4) is 5.75 Å². The number of H-pyrrole nitrogens is 1. The minimum absolute atomic E-state index is 0.0403. The van der Waals surface area contributed by atoms with Crippen molar-refractivity contribution in [1.82, 2.24) is 9.97 Å². The van der Waals surface area contributed by atoms with Gasteiger partial charge in [-0.2, -0.15) is 0 Å². The van der Waals surface area contributed by atoms with E-state index in [-0.39, 0.29) is 11.0 Å². The van der Waals surface area contributed by atoms with E-state index in [9.17, 15) is 0 Å². The molecule has 1 radical (unpaired) electrons. The number of nitrogens with one attached hydrogen (secondary N) is 1. The second-order valence-corrected chi connectivity index (χ2v) is 9.33. The van der Waals surface area contributed by atoms with E-state index in [0.29, 0.717) is 0 Å². The molecule has 1 aromatic heterocycles. The maximum atomic E-state index is 5.93. The first-order valence-corrected chi connectivity index (χ1v) is 10.1. The van der Waals surface area contributed by atoms with Gasteiger partial charge in [0.2, 0.25) is 7.28 Å². The minimum Gasteiger partial charge on any atom is -0.488 e. The Morgan fingerprint density at radius 2 is 1.59 bits per heavy atom. The van der Waals surface area contributed by atoms with Crippen LogP contribution < -0.4 is 10.5 Å². The van der Waals surface area contributed by atoms with Crippen LogP contribution in [0.1, 0.15) is 58.4 Å². The zero-order valence-corrected chi connectivity index (χ0v) is 18.3. The van der Waals surface area contributed by atoms with Gasteiger partial charge in [-0.25, -0.2) is 0 Å². The lowest BCUT2D eigenvalue weighted by Crippen LogP contribution is -2.22. The van der Waals surface area contributed by atoms with Crippen molar-refractivity contribution >= 4 is 24.6 Å². The van der Waals surface area contributed by atoms with Crippen LogP contribution in [0.4, 0.5) is 0 Å². The number of aromatic nitrogens is 2. The fraction of sp³-hybridized carbons (Fsp3) is 0.320. The number of hydrogen-bond donors (Lipinski definition) is 1. The van der Waals surface area contributed by atoms with Gasteiger partial charge in [-0.05, 0) is 44.0 Å². The fourth-order valence-corrected chi connectivity index (χ4v) is 2.94. The number of rotatable bonds is 5. The molecule has 0 saturated carbocycles. The number of imidazole rings is 1. The third kappa shape index (κ3) is 6.12. The van der Waals surface area contributed by atoms with E-state index in [4.69, 9.17) is 4.74 Å². The first kappa shape index (κ1) is 21.0. The van der Waals surface area contributed by atoms with Crippen molar-refractivity contribution in [2.75, 3.05) is 0 Å². The van der Waals surface area contributed by atoms with Crippen LogP contribution in [0.5, 0.6) is 5.75 Å². The molecule has 0 fully saturated rings. The molecular weight excluding hydrogens is 355 g/mol. The SMILES string of the molecule is CC(C)(C)Oc1ccc(C=C([B]c2ncc(C(C)(C)C)[nH]2)c2ccccc2)cc1. The zero-order chi connectivity index (χ0) is 21.1. The lowest BCUT2D eigenvalue weighted by Gasteiger charge is -2.21. The van der Waals surface area contributed by atoms with Crippen LogP contribution in [0.15, 0.2) is 60.8 Å². The molecule has 3 nitrogen and oxygen atoms in total. The van der Waals surface area contributed by atoms with Crippen molar-refractivity contribution in [2.24, 2.45) is 0 Å². The summed E-state index contributed by atoms with van der Waals surface area (Å²) in [5.74, 6) is 0.876. The highest BCUT2D eigenvalue weighted by atomic mass is 16.5. The lowest BCUT2D eigenvalue weighted by molar-refractivity contribution is 0.131. The minimum atomic E-state index is -0.204. The molecule has 0 atom stereocenters. The standard InChI is InChI=1S/C25H30BN2O/c1-24(2,3)22-17-27-23(28-22)26-21(19-10-8-7-9-11-19)16-18-12-14-20(15-13-18)29-25(4,5)6/h7-17H,1-6H3,(H,27,28). The van der Waals surface area contributed by atoms with Gasteiger partial charge in [-0.1, -0.05) is 74.8 Å². The molecule has 2 aromatic carbocycles. The third-order valence-corrected chi connectivity index (χ3v) is 4.43. The molecule has 0 amide bonds. The molecule has 29 heavy (non-hydrogen) atoms. The first-order valence-electron chi connectivity index (χ1n) is 10.1. The Labute approximate surface area is 175 Å². The maximum Gasteiger partial charge on any atom is 0.241 e. The van der Waals surface area contributed by atoms with Crippen molar-refractivity contribution in [2.45, 2.75) is 52.6 Å². The van der Waals surface area contributed by atoms with E-state index in [1.807, 2.05) is 24.4 Å². The van der Waals surface area contributed by atoms with Gasteiger partial charge in [0.15, 0.2) is 0 Å². The molecule has 3 aromatic rings. The molecule has 4 heteroatoms. The van der Waals surface area contributed by atoms with Crippen LogP contribution in [0.3, 0.4) is 0 Å². The van der Waals surface area contributed by atoms with Crippen molar-refractivity contribution in [1.29, 1.82) is 0 Å². The molecule has 0 saturated heterocycles.